The standard InChI is InChI=1S/C17H18BrNO/c1-11-3-6-13(18)9-17(11)19-16-8-5-12-4-7-14(20-2)10-15(12)16/h3-4,6-7,9-10,16,19H,5,8H2,1-2H3. The Morgan fingerprint density at radius 1 is 1.20 bits per heavy atom. The molecule has 0 saturated carbocycles. The molecule has 2 nitrogen and oxygen atoms in total. The maximum absolute atomic E-state index is 5.35. The average molecular weight is 332 g/mol. The van der Waals surface area contributed by atoms with Crippen LogP contribution in [0.5, 0.6) is 5.75 Å². The number of ether oxygens (including phenoxy) is 1. The molecule has 0 saturated heterocycles. The molecule has 0 radical (unpaired) electrons. The number of aryl methyl sites for hydroxylation is 2. The molecular formula is C17H18BrNO. The summed E-state index contributed by atoms with van der Waals surface area (Å²) < 4.78 is 6.45. The highest BCUT2D eigenvalue weighted by atomic mass is 79.9. The van der Waals surface area contributed by atoms with Crippen LogP contribution in [-0.2, 0) is 6.42 Å². The Labute approximate surface area is 128 Å². The lowest BCUT2D eigenvalue weighted by molar-refractivity contribution is 0.414. The molecule has 1 unspecified atom stereocenters. The van der Waals surface area contributed by atoms with Gasteiger partial charge in [0.15, 0.2) is 0 Å². The first kappa shape index (κ1) is 13.5. The summed E-state index contributed by atoms with van der Waals surface area (Å²) in [4.78, 5) is 0. The van der Waals surface area contributed by atoms with Crippen molar-refractivity contribution in [2.24, 2.45) is 0 Å². The second kappa shape index (κ2) is 5.49. The molecule has 2 aromatic carbocycles. The molecule has 3 heteroatoms. The second-order valence-electron chi connectivity index (χ2n) is 5.26. The van der Waals surface area contributed by atoms with Gasteiger partial charge in [0.05, 0.1) is 13.2 Å². The van der Waals surface area contributed by atoms with Crippen LogP contribution in [0.3, 0.4) is 0 Å². The van der Waals surface area contributed by atoms with E-state index in [1.165, 1.54) is 22.4 Å². The van der Waals surface area contributed by atoms with E-state index in [2.05, 4.69) is 58.5 Å². The number of methoxy groups -OCH3 is 1. The third-order valence-corrected chi connectivity index (χ3v) is 4.45. The van der Waals surface area contributed by atoms with E-state index in [0.717, 1.165) is 23.1 Å². The van der Waals surface area contributed by atoms with Crippen LogP contribution in [0, 0.1) is 6.92 Å². The van der Waals surface area contributed by atoms with Crippen molar-refractivity contribution in [3.8, 4) is 5.75 Å². The van der Waals surface area contributed by atoms with Gasteiger partial charge in [0.25, 0.3) is 0 Å². The molecule has 104 valence electrons. The number of hydrogen-bond acceptors (Lipinski definition) is 2. The van der Waals surface area contributed by atoms with Crippen molar-refractivity contribution in [2.45, 2.75) is 25.8 Å². The Morgan fingerprint density at radius 2 is 2.05 bits per heavy atom. The quantitative estimate of drug-likeness (QED) is 0.866. The molecule has 1 N–H and O–H groups in total. The highest BCUT2D eigenvalue weighted by molar-refractivity contribution is 9.10. The van der Waals surface area contributed by atoms with E-state index in [4.69, 9.17) is 4.74 Å². The summed E-state index contributed by atoms with van der Waals surface area (Å²) in [6, 6.07) is 13.1. The number of hydrogen-bond donors (Lipinski definition) is 1. The van der Waals surface area contributed by atoms with Crippen molar-refractivity contribution in [1.29, 1.82) is 0 Å². The Bertz CT molecular complexity index is 639. The first-order valence-electron chi connectivity index (χ1n) is 6.87. The van der Waals surface area contributed by atoms with E-state index < -0.39 is 0 Å². The topological polar surface area (TPSA) is 21.3 Å². The predicted molar refractivity (Wildman–Crippen MR) is 86.6 cm³/mol. The number of halogens is 1. The Kier molecular flexibility index (Phi) is 3.70. The summed E-state index contributed by atoms with van der Waals surface area (Å²) >= 11 is 3.54. The van der Waals surface area contributed by atoms with Crippen LogP contribution < -0.4 is 10.1 Å². The van der Waals surface area contributed by atoms with Crippen molar-refractivity contribution in [1.82, 2.24) is 0 Å². The van der Waals surface area contributed by atoms with Gasteiger partial charge in [0.2, 0.25) is 0 Å². The SMILES string of the molecule is COc1ccc2c(c1)C(Nc1cc(Br)ccc1C)CC2. The van der Waals surface area contributed by atoms with E-state index >= 15 is 0 Å². The van der Waals surface area contributed by atoms with E-state index in [-0.39, 0.29) is 0 Å². The molecule has 0 aliphatic heterocycles. The average Bonchev–Trinajstić information content (AvgIpc) is 2.85. The van der Waals surface area contributed by atoms with Gasteiger partial charge in [-0.3, -0.25) is 0 Å². The van der Waals surface area contributed by atoms with Gasteiger partial charge in [-0.25, -0.2) is 0 Å². The summed E-state index contributed by atoms with van der Waals surface area (Å²) in [6.07, 6.45) is 2.26. The van der Waals surface area contributed by atoms with Crippen LogP contribution in [0.2, 0.25) is 0 Å². The minimum atomic E-state index is 0.369. The molecule has 1 aliphatic carbocycles. The van der Waals surface area contributed by atoms with Gasteiger partial charge >= 0.3 is 0 Å². The highest BCUT2D eigenvalue weighted by Gasteiger charge is 2.23. The fourth-order valence-electron chi connectivity index (χ4n) is 2.79. The van der Waals surface area contributed by atoms with E-state index in [9.17, 15) is 0 Å². The molecule has 1 atom stereocenters. The summed E-state index contributed by atoms with van der Waals surface area (Å²) in [7, 11) is 1.72. The fourth-order valence-corrected chi connectivity index (χ4v) is 3.16. The Morgan fingerprint density at radius 3 is 2.85 bits per heavy atom. The summed E-state index contributed by atoms with van der Waals surface area (Å²) in [6.45, 7) is 2.14. The zero-order valence-corrected chi connectivity index (χ0v) is 13.3. The number of rotatable bonds is 3. The van der Waals surface area contributed by atoms with Crippen molar-refractivity contribution in [2.75, 3.05) is 12.4 Å². The Hall–Kier alpha value is -1.48. The monoisotopic (exact) mass is 331 g/mol. The van der Waals surface area contributed by atoms with Gasteiger partial charge in [-0.1, -0.05) is 28.1 Å². The minimum Gasteiger partial charge on any atom is -0.497 e. The second-order valence-corrected chi connectivity index (χ2v) is 6.18. The van der Waals surface area contributed by atoms with Crippen molar-refractivity contribution >= 4 is 21.6 Å². The largest absolute Gasteiger partial charge is 0.497 e. The summed E-state index contributed by atoms with van der Waals surface area (Å²) in [5.74, 6) is 0.934. The maximum atomic E-state index is 5.35. The number of anilines is 1. The molecule has 0 bridgehead atoms. The van der Waals surface area contributed by atoms with E-state index in [0.29, 0.717) is 6.04 Å². The molecular weight excluding hydrogens is 314 g/mol. The molecule has 0 fully saturated rings. The highest BCUT2D eigenvalue weighted by Crippen LogP contribution is 2.37. The third-order valence-electron chi connectivity index (χ3n) is 3.96. The lowest BCUT2D eigenvalue weighted by atomic mass is 10.1. The Balaban J connectivity index is 1.89. The summed E-state index contributed by atoms with van der Waals surface area (Å²) in [5.41, 5.74) is 5.25. The molecule has 0 aromatic heterocycles. The normalized spacial score (nSPS) is 16.9. The molecule has 1 aliphatic rings. The van der Waals surface area contributed by atoms with Crippen LogP contribution in [-0.4, -0.2) is 7.11 Å². The minimum absolute atomic E-state index is 0.369. The van der Waals surface area contributed by atoms with Gasteiger partial charge in [-0.15, -0.1) is 0 Å². The molecule has 0 spiro atoms. The third kappa shape index (κ3) is 2.55. The van der Waals surface area contributed by atoms with Gasteiger partial charge in [-0.05, 0) is 60.7 Å². The number of nitrogens with one attached hydrogen (secondary N) is 1. The predicted octanol–water partition coefficient (Wildman–Crippen LogP) is 4.87. The fraction of sp³-hybridized carbons (Fsp3) is 0.294. The van der Waals surface area contributed by atoms with Crippen LogP contribution in [0.1, 0.15) is 29.2 Å². The van der Waals surface area contributed by atoms with Crippen LogP contribution in [0.4, 0.5) is 5.69 Å². The summed E-state index contributed by atoms with van der Waals surface area (Å²) in [5, 5.41) is 3.67. The molecule has 0 heterocycles. The zero-order valence-electron chi connectivity index (χ0n) is 11.7. The van der Waals surface area contributed by atoms with Gasteiger partial charge in [-0.2, -0.15) is 0 Å². The molecule has 0 amide bonds. The lowest BCUT2D eigenvalue weighted by Crippen LogP contribution is -2.08. The van der Waals surface area contributed by atoms with Gasteiger partial charge < -0.3 is 10.1 Å². The lowest BCUT2D eigenvalue weighted by Gasteiger charge is -2.18. The van der Waals surface area contributed by atoms with Crippen molar-refractivity contribution in [3.05, 3.63) is 57.6 Å². The van der Waals surface area contributed by atoms with Crippen LogP contribution >= 0.6 is 15.9 Å². The van der Waals surface area contributed by atoms with E-state index in [1.54, 1.807) is 7.11 Å². The first-order valence-corrected chi connectivity index (χ1v) is 7.66. The number of fused-ring (bicyclic) bond motifs is 1. The van der Waals surface area contributed by atoms with E-state index in [1.807, 2.05) is 6.07 Å². The number of benzene rings is 2. The molecule has 2 aromatic rings. The molecule has 20 heavy (non-hydrogen) atoms. The first-order chi connectivity index (χ1) is 9.67. The van der Waals surface area contributed by atoms with Crippen molar-refractivity contribution in [3.63, 3.8) is 0 Å². The van der Waals surface area contributed by atoms with Gasteiger partial charge in [0, 0.05) is 10.2 Å². The van der Waals surface area contributed by atoms with Crippen molar-refractivity contribution < 1.29 is 4.74 Å². The molecule has 3 rings (SSSR count). The van der Waals surface area contributed by atoms with Crippen LogP contribution in [0.15, 0.2) is 40.9 Å². The maximum Gasteiger partial charge on any atom is 0.119 e. The van der Waals surface area contributed by atoms with Gasteiger partial charge in [0.1, 0.15) is 5.75 Å². The smallest absolute Gasteiger partial charge is 0.119 e. The zero-order chi connectivity index (χ0) is 14.1. The van der Waals surface area contributed by atoms with Crippen LogP contribution in [0.25, 0.3) is 0 Å².